The minimum atomic E-state index is -4.49. The zero-order valence-corrected chi connectivity index (χ0v) is 20.4. The summed E-state index contributed by atoms with van der Waals surface area (Å²) >= 11 is 0. The fourth-order valence-electron chi connectivity index (χ4n) is 3.79. The maximum Gasteiger partial charge on any atom is 0.416 e. The molecule has 3 rings (SSSR count). The SMILES string of the molecule is COc1ccccc1-c1cc(C(F)(F)F)ccc1O[C@H](C)CCOc1ccc(CCC(=O)O)c(C)c1. The predicted octanol–water partition coefficient (Wildman–Crippen LogP) is 6.94. The summed E-state index contributed by atoms with van der Waals surface area (Å²) in [5.41, 5.74) is 1.93. The van der Waals surface area contributed by atoms with E-state index >= 15 is 0 Å². The van der Waals surface area contributed by atoms with E-state index in [0.29, 0.717) is 47.8 Å². The van der Waals surface area contributed by atoms with Crippen LogP contribution in [-0.4, -0.2) is 30.9 Å². The molecule has 0 aliphatic heterocycles. The fraction of sp³-hybridized carbons (Fsp3) is 0.321. The van der Waals surface area contributed by atoms with Gasteiger partial charge in [-0.25, -0.2) is 0 Å². The van der Waals surface area contributed by atoms with Crippen LogP contribution in [0.5, 0.6) is 17.2 Å². The Morgan fingerprint density at radius 1 is 1.00 bits per heavy atom. The third-order valence-corrected chi connectivity index (χ3v) is 5.75. The van der Waals surface area contributed by atoms with Crippen molar-refractivity contribution < 1.29 is 37.3 Å². The summed E-state index contributed by atoms with van der Waals surface area (Å²) in [5.74, 6) is 0.576. The maximum atomic E-state index is 13.4. The Hall–Kier alpha value is -3.68. The Morgan fingerprint density at radius 2 is 1.75 bits per heavy atom. The molecule has 0 fully saturated rings. The summed E-state index contributed by atoms with van der Waals surface area (Å²) in [6, 6.07) is 15.8. The molecule has 0 aliphatic carbocycles. The van der Waals surface area contributed by atoms with Gasteiger partial charge in [-0.15, -0.1) is 0 Å². The summed E-state index contributed by atoms with van der Waals surface area (Å²) in [4.78, 5) is 10.8. The van der Waals surface area contributed by atoms with Crippen LogP contribution in [0.15, 0.2) is 60.7 Å². The first-order valence-corrected chi connectivity index (χ1v) is 11.5. The Balaban J connectivity index is 1.69. The summed E-state index contributed by atoms with van der Waals surface area (Å²) in [7, 11) is 1.47. The topological polar surface area (TPSA) is 65.0 Å². The molecule has 3 aromatic carbocycles. The van der Waals surface area contributed by atoms with Crippen molar-refractivity contribution in [1.29, 1.82) is 0 Å². The lowest BCUT2D eigenvalue weighted by Crippen LogP contribution is -2.16. The molecule has 0 unspecified atom stereocenters. The van der Waals surface area contributed by atoms with Crippen LogP contribution >= 0.6 is 0 Å². The highest BCUT2D eigenvalue weighted by molar-refractivity contribution is 5.76. The fourth-order valence-corrected chi connectivity index (χ4v) is 3.79. The van der Waals surface area contributed by atoms with Gasteiger partial charge in [0.2, 0.25) is 0 Å². The number of carbonyl (C=O) groups is 1. The van der Waals surface area contributed by atoms with Crippen LogP contribution in [0.4, 0.5) is 13.2 Å². The molecule has 0 radical (unpaired) electrons. The van der Waals surface area contributed by atoms with Crippen LogP contribution in [0.25, 0.3) is 11.1 Å². The van der Waals surface area contributed by atoms with E-state index in [4.69, 9.17) is 19.3 Å². The van der Waals surface area contributed by atoms with Gasteiger partial charge in [0.15, 0.2) is 0 Å². The number of carboxylic acids is 1. The van der Waals surface area contributed by atoms with E-state index < -0.39 is 17.7 Å². The van der Waals surface area contributed by atoms with E-state index in [-0.39, 0.29) is 12.5 Å². The second kappa shape index (κ2) is 11.8. The Morgan fingerprint density at radius 3 is 2.42 bits per heavy atom. The number of rotatable bonds is 11. The van der Waals surface area contributed by atoms with Crippen LogP contribution < -0.4 is 14.2 Å². The van der Waals surface area contributed by atoms with Crippen LogP contribution in [0.1, 0.15) is 36.5 Å². The second-order valence-electron chi connectivity index (χ2n) is 8.46. The van der Waals surface area contributed by atoms with Gasteiger partial charge in [0, 0.05) is 24.0 Å². The monoisotopic (exact) mass is 502 g/mol. The first-order chi connectivity index (χ1) is 17.1. The zero-order chi connectivity index (χ0) is 26.3. The molecule has 0 spiro atoms. The number of benzene rings is 3. The van der Waals surface area contributed by atoms with Crippen molar-refractivity contribution in [2.24, 2.45) is 0 Å². The average molecular weight is 503 g/mol. The molecule has 192 valence electrons. The van der Waals surface area contributed by atoms with Gasteiger partial charge in [-0.05, 0) is 67.8 Å². The minimum absolute atomic E-state index is 0.0662. The lowest BCUT2D eigenvalue weighted by Gasteiger charge is -2.20. The highest BCUT2D eigenvalue weighted by Crippen LogP contribution is 2.41. The molecule has 0 saturated carbocycles. The van der Waals surface area contributed by atoms with Gasteiger partial charge in [0.05, 0.1) is 25.4 Å². The average Bonchev–Trinajstić information content (AvgIpc) is 2.83. The van der Waals surface area contributed by atoms with Crippen molar-refractivity contribution in [3.63, 3.8) is 0 Å². The molecule has 1 N–H and O–H groups in total. The molecule has 0 heterocycles. The van der Waals surface area contributed by atoms with Crippen LogP contribution in [0.3, 0.4) is 0 Å². The van der Waals surface area contributed by atoms with Crippen molar-refractivity contribution in [2.45, 2.75) is 45.4 Å². The van der Waals surface area contributed by atoms with Crippen molar-refractivity contribution in [3.8, 4) is 28.4 Å². The number of hydrogen-bond donors (Lipinski definition) is 1. The highest BCUT2D eigenvalue weighted by atomic mass is 19.4. The van der Waals surface area contributed by atoms with Gasteiger partial charge in [0.25, 0.3) is 0 Å². The largest absolute Gasteiger partial charge is 0.496 e. The third-order valence-electron chi connectivity index (χ3n) is 5.75. The molecule has 3 aromatic rings. The maximum absolute atomic E-state index is 13.4. The first kappa shape index (κ1) is 26.9. The lowest BCUT2D eigenvalue weighted by atomic mass is 10.0. The van der Waals surface area contributed by atoms with Crippen LogP contribution in [0.2, 0.25) is 0 Å². The number of alkyl halides is 3. The molecule has 0 amide bonds. The Bertz CT molecular complexity index is 1190. The number of ether oxygens (including phenoxy) is 3. The molecule has 0 saturated heterocycles. The molecular formula is C28H29F3O5. The predicted molar refractivity (Wildman–Crippen MR) is 131 cm³/mol. The molecule has 5 nitrogen and oxygen atoms in total. The molecule has 8 heteroatoms. The molecular weight excluding hydrogens is 473 g/mol. The second-order valence-corrected chi connectivity index (χ2v) is 8.46. The quantitative estimate of drug-likeness (QED) is 0.308. The number of hydrogen-bond acceptors (Lipinski definition) is 4. The number of halogens is 3. The van der Waals surface area contributed by atoms with Gasteiger partial charge in [-0.1, -0.05) is 24.3 Å². The number of methoxy groups -OCH3 is 1. The van der Waals surface area contributed by atoms with Crippen molar-refractivity contribution >= 4 is 5.97 Å². The van der Waals surface area contributed by atoms with E-state index in [1.54, 1.807) is 30.3 Å². The molecule has 0 aromatic heterocycles. The van der Waals surface area contributed by atoms with Crippen molar-refractivity contribution in [2.75, 3.05) is 13.7 Å². The summed E-state index contributed by atoms with van der Waals surface area (Å²) in [5, 5.41) is 8.86. The van der Waals surface area contributed by atoms with E-state index in [9.17, 15) is 18.0 Å². The van der Waals surface area contributed by atoms with E-state index in [2.05, 4.69) is 0 Å². The van der Waals surface area contributed by atoms with Gasteiger partial charge in [-0.3, -0.25) is 4.79 Å². The number of para-hydroxylation sites is 1. The van der Waals surface area contributed by atoms with E-state index in [1.807, 2.05) is 26.0 Å². The van der Waals surface area contributed by atoms with Gasteiger partial charge >= 0.3 is 12.1 Å². The summed E-state index contributed by atoms with van der Waals surface area (Å²) < 4.78 is 57.4. The number of carboxylic acid groups (broad SMARTS) is 1. The van der Waals surface area contributed by atoms with E-state index in [1.165, 1.54) is 13.2 Å². The Labute approximate surface area is 208 Å². The van der Waals surface area contributed by atoms with Gasteiger partial charge < -0.3 is 19.3 Å². The molecule has 1 atom stereocenters. The lowest BCUT2D eigenvalue weighted by molar-refractivity contribution is -0.138. The van der Waals surface area contributed by atoms with Crippen molar-refractivity contribution in [1.82, 2.24) is 0 Å². The van der Waals surface area contributed by atoms with Crippen LogP contribution in [-0.2, 0) is 17.4 Å². The zero-order valence-electron chi connectivity index (χ0n) is 20.4. The molecule has 36 heavy (non-hydrogen) atoms. The summed E-state index contributed by atoms with van der Waals surface area (Å²) in [6.07, 6.45) is -3.82. The number of aryl methyl sites for hydroxylation is 2. The number of aliphatic carboxylic acids is 1. The summed E-state index contributed by atoms with van der Waals surface area (Å²) in [6.45, 7) is 4.06. The molecule has 0 bridgehead atoms. The Kier molecular flexibility index (Phi) is 8.85. The van der Waals surface area contributed by atoms with Gasteiger partial charge in [-0.2, -0.15) is 13.2 Å². The smallest absolute Gasteiger partial charge is 0.416 e. The van der Waals surface area contributed by atoms with Gasteiger partial charge in [0.1, 0.15) is 17.2 Å². The normalized spacial score (nSPS) is 12.2. The first-order valence-electron chi connectivity index (χ1n) is 11.5. The third kappa shape index (κ3) is 7.16. The molecule has 0 aliphatic rings. The highest BCUT2D eigenvalue weighted by Gasteiger charge is 2.31. The van der Waals surface area contributed by atoms with Crippen LogP contribution in [0, 0.1) is 6.92 Å². The van der Waals surface area contributed by atoms with E-state index in [0.717, 1.165) is 23.3 Å². The van der Waals surface area contributed by atoms with Crippen molar-refractivity contribution in [3.05, 3.63) is 77.4 Å². The minimum Gasteiger partial charge on any atom is -0.496 e. The standard InChI is InChI=1S/C28H29F3O5/c1-18-16-22(11-8-20(18)9-13-27(32)33)35-15-14-19(2)36-26-12-10-21(28(29,30)31)17-24(26)23-6-4-5-7-25(23)34-3/h4-8,10-12,16-17,19H,9,13-15H2,1-3H3,(H,32,33)/t19-/m1/s1.